The summed E-state index contributed by atoms with van der Waals surface area (Å²) in [4.78, 5) is 10.5. The molecule has 1 N–H and O–H groups in total. The number of hydrogen-bond donors (Lipinski definition) is 1. The number of hydrogen-bond acceptors (Lipinski definition) is 3. The summed E-state index contributed by atoms with van der Waals surface area (Å²) in [7, 11) is 0. The zero-order valence-corrected chi connectivity index (χ0v) is 19.8. The van der Waals surface area contributed by atoms with E-state index in [-0.39, 0.29) is 19.0 Å². The van der Waals surface area contributed by atoms with Crippen LogP contribution in [-0.4, -0.2) is 24.8 Å². The molecule has 1 aliphatic carbocycles. The van der Waals surface area contributed by atoms with E-state index in [1.165, 1.54) is 31.2 Å². The molecule has 0 heterocycles. The molecule has 34 heavy (non-hydrogen) atoms. The van der Waals surface area contributed by atoms with Gasteiger partial charge in [0.1, 0.15) is 5.82 Å². The van der Waals surface area contributed by atoms with E-state index in [0.717, 1.165) is 33.7 Å². The van der Waals surface area contributed by atoms with Crippen LogP contribution in [-0.2, 0) is 22.4 Å². The molecule has 0 atom stereocenters. The topological polar surface area (TPSA) is 46.5 Å². The first-order chi connectivity index (χ1) is 16.6. The predicted molar refractivity (Wildman–Crippen MR) is 134 cm³/mol. The van der Waals surface area contributed by atoms with Crippen LogP contribution in [0, 0.1) is 11.7 Å². The lowest BCUT2D eigenvalue weighted by molar-refractivity contribution is -0.128. The second-order valence-corrected chi connectivity index (χ2v) is 9.45. The highest BCUT2D eigenvalue weighted by Gasteiger charge is 2.19. The van der Waals surface area contributed by atoms with Crippen molar-refractivity contribution in [1.82, 2.24) is 0 Å². The molecule has 178 valence electrons. The standard InChI is InChI=1S/C30H33FO3/c1-21-2-4-22(5-3-21)23-6-8-24(9-7-23)26-12-13-29(30(31)19-26)28-11-10-25(14-16-32)27(18-28)15-17-34-20-33/h6-13,18-22,32H,2-5,14-17H2,1H3. The van der Waals surface area contributed by atoms with Crippen LogP contribution in [0.1, 0.15) is 55.2 Å². The van der Waals surface area contributed by atoms with Crippen molar-refractivity contribution in [2.45, 2.75) is 51.4 Å². The highest BCUT2D eigenvalue weighted by Crippen LogP contribution is 2.36. The maximum absolute atomic E-state index is 15.2. The summed E-state index contributed by atoms with van der Waals surface area (Å²) >= 11 is 0. The van der Waals surface area contributed by atoms with E-state index >= 15 is 4.39 Å². The smallest absolute Gasteiger partial charge is 0.293 e. The zero-order chi connectivity index (χ0) is 23.9. The molecular weight excluding hydrogens is 427 g/mol. The van der Waals surface area contributed by atoms with Crippen molar-refractivity contribution in [1.29, 1.82) is 0 Å². The van der Waals surface area contributed by atoms with Gasteiger partial charge in [0, 0.05) is 18.6 Å². The van der Waals surface area contributed by atoms with Crippen LogP contribution in [0.4, 0.5) is 4.39 Å². The molecule has 0 radical (unpaired) electrons. The van der Waals surface area contributed by atoms with E-state index in [9.17, 15) is 9.90 Å². The van der Waals surface area contributed by atoms with Crippen molar-refractivity contribution in [3.05, 3.63) is 83.2 Å². The normalized spacial score (nSPS) is 18.0. The van der Waals surface area contributed by atoms with Crippen LogP contribution >= 0.6 is 0 Å². The second kappa shape index (κ2) is 11.4. The third-order valence-corrected chi connectivity index (χ3v) is 7.16. The van der Waals surface area contributed by atoms with Gasteiger partial charge >= 0.3 is 0 Å². The highest BCUT2D eigenvalue weighted by molar-refractivity contribution is 5.72. The number of ether oxygens (including phenoxy) is 1. The summed E-state index contributed by atoms with van der Waals surface area (Å²) in [6.07, 6.45) is 6.13. The highest BCUT2D eigenvalue weighted by atomic mass is 19.1. The Kier molecular flexibility index (Phi) is 8.12. The number of benzene rings is 3. The van der Waals surface area contributed by atoms with E-state index in [0.29, 0.717) is 30.8 Å². The average molecular weight is 461 g/mol. The van der Waals surface area contributed by atoms with Gasteiger partial charge < -0.3 is 9.84 Å². The minimum Gasteiger partial charge on any atom is -0.468 e. The number of rotatable bonds is 9. The summed E-state index contributed by atoms with van der Waals surface area (Å²) in [5, 5.41) is 9.34. The van der Waals surface area contributed by atoms with Gasteiger partial charge in [-0.15, -0.1) is 0 Å². The lowest BCUT2D eigenvalue weighted by Crippen LogP contribution is -2.10. The fourth-order valence-electron chi connectivity index (χ4n) is 5.08. The number of carbonyl (C=O) groups is 1. The average Bonchev–Trinajstić information content (AvgIpc) is 2.86. The molecule has 3 aromatic carbocycles. The number of carbonyl (C=O) groups excluding carboxylic acids is 1. The Labute approximate surface area is 201 Å². The summed E-state index contributed by atoms with van der Waals surface area (Å²) in [5.74, 6) is 1.21. The molecule has 0 aromatic heterocycles. The third kappa shape index (κ3) is 5.74. The molecule has 1 saturated carbocycles. The molecule has 0 bridgehead atoms. The zero-order valence-electron chi connectivity index (χ0n) is 19.8. The van der Waals surface area contributed by atoms with E-state index in [1.54, 1.807) is 6.07 Å². The van der Waals surface area contributed by atoms with Crippen molar-refractivity contribution in [2.24, 2.45) is 5.92 Å². The molecule has 4 rings (SSSR count). The first-order valence-electron chi connectivity index (χ1n) is 12.3. The van der Waals surface area contributed by atoms with Crippen LogP contribution in [0.2, 0.25) is 0 Å². The molecule has 3 nitrogen and oxygen atoms in total. The molecule has 1 aliphatic rings. The van der Waals surface area contributed by atoms with Crippen molar-refractivity contribution in [2.75, 3.05) is 13.2 Å². The Balaban J connectivity index is 1.54. The summed E-state index contributed by atoms with van der Waals surface area (Å²) in [6, 6.07) is 19.7. The predicted octanol–water partition coefficient (Wildman–Crippen LogP) is 6.70. The Bertz CT molecular complexity index is 1100. The molecule has 1 fully saturated rings. The van der Waals surface area contributed by atoms with Crippen molar-refractivity contribution < 1.29 is 19.0 Å². The first-order valence-corrected chi connectivity index (χ1v) is 12.3. The minimum absolute atomic E-state index is 0.0304. The van der Waals surface area contributed by atoms with Crippen LogP contribution in [0.15, 0.2) is 60.7 Å². The Morgan fingerprint density at radius 2 is 1.59 bits per heavy atom. The van der Waals surface area contributed by atoms with E-state index < -0.39 is 0 Å². The molecule has 0 spiro atoms. The van der Waals surface area contributed by atoms with Crippen LogP contribution in [0.5, 0.6) is 0 Å². The lowest BCUT2D eigenvalue weighted by Gasteiger charge is -2.26. The SMILES string of the molecule is CC1CCC(c2ccc(-c3ccc(-c4ccc(CCO)c(CCOC=O)c4)c(F)c3)cc2)CC1. The van der Waals surface area contributed by atoms with E-state index in [1.807, 2.05) is 30.3 Å². The van der Waals surface area contributed by atoms with Gasteiger partial charge in [-0.2, -0.15) is 0 Å². The molecule has 0 amide bonds. The fourth-order valence-corrected chi connectivity index (χ4v) is 5.08. The molecular formula is C30H33FO3. The molecule has 4 heteroatoms. The van der Waals surface area contributed by atoms with Gasteiger partial charge in [0.2, 0.25) is 0 Å². The summed E-state index contributed by atoms with van der Waals surface area (Å²) < 4.78 is 20.0. The van der Waals surface area contributed by atoms with Gasteiger partial charge in [-0.25, -0.2) is 4.39 Å². The van der Waals surface area contributed by atoms with Gasteiger partial charge in [-0.1, -0.05) is 74.4 Å². The monoisotopic (exact) mass is 460 g/mol. The van der Waals surface area contributed by atoms with Crippen LogP contribution in [0.3, 0.4) is 0 Å². The summed E-state index contributed by atoms with van der Waals surface area (Å²) in [6.45, 7) is 3.05. The second-order valence-electron chi connectivity index (χ2n) is 9.45. The Morgan fingerprint density at radius 1 is 0.882 bits per heavy atom. The fraction of sp³-hybridized carbons (Fsp3) is 0.367. The van der Waals surface area contributed by atoms with Crippen molar-refractivity contribution in [3.63, 3.8) is 0 Å². The molecule has 3 aromatic rings. The number of aliphatic hydroxyl groups excluding tert-OH is 1. The van der Waals surface area contributed by atoms with E-state index in [2.05, 4.69) is 31.2 Å². The molecule has 0 unspecified atom stereocenters. The van der Waals surface area contributed by atoms with Crippen LogP contribution < -0.4 is 0 Å². The Hall–Kier alpha value is -2.98. The minimum atomic E-state index is -0.271. The van der Waals surface area contributed by atoms with Gasteiger partial charge in [0.25, 0.3) is 6.47 Å². The maximum atomic E-state index is 15.2. The van der Waals surface area contributed by atoms with Gasteiger partial charge in [-0.3, -0.25) is 4.79 Å². The van der Waals surface area contributed by atoms with Crippen LogP contribution in [0.25, 0.3) is 22.3 Å². The first kappa shape index (κ1) is 24.2. The lowest BCUT2D eigenvalue weighted by atomic mass is 9.79. The number of aliphatic hydroxyl groups is 1. The summed E-state index contributed by atoms with van der Waals surface area (Å²) in [5.41, 5.74) is 6.50. The third-order valence-electron chi connectivity index (χ3n) is 7.16. The molecule has 0 saturated heterocycles. The van der Waals surface area contributed by atoms with Gasteiger partial charge in [0.05, 0.1) is 6.61 Å². The van der Waals surface area contributed by atoms with Gasteiger partial charge in [0.15, 0.2) is 0 Å². The largest absolute Gasteiger partial charge is 0.468 e. The number of halogens is 1. The van der Waals surface area contributed by atoms with Crippen molar-refractivity contribution >= 4 is 6.47 Å². The van der Waals surface area contributed by atoms with Gasteiger partial charge in [-0.05, 0) is 70.5 Å². The van der Waals surface area contributed by atoms with E-state index in [4.69, 9.17) is 4.74 Å². The maximum Gasteiger partial charge on any atom is 0.293 e. The Morgan fingerprint density at radius 3 is 2.26 bits per heavy atom. The quantitative estimate of drug-likeness (QED) is 0.285. The molecule has 0 aliphatic heterocycles. The van der Waals surface area contributed by atoms with Crippen molar-refractivity contribution in [3.8, 4) is 22.3 Å².